The molecule has 6 heteroatoms. The molecule has 0 saturated heterocycles. The second-order valence-electron chi connectivity index (χ2n) is 5.04. The monoisotopic (exact) mass is 357 g/mol. The van der Waals surface area contributed by atoms with E-state index in [1.54, 1.807) is 26.4 Å². The summed E-state index contributed by atoms with van der Waals surface area (Å²) in [6, 6.07) is 3.07. The Labute approximate surface area is 133 Å². The van der Waals surface area contributed by atoms with Gasteiger partial charge in [0.15, 0.2) is 11.5 Å². The first-order chi connectivity index (χ1) is 10.1. The van der Waals surface area contributed by atoms with Gasteiger partial charge in [0.1, 0.15) is 6.04 Å². The predicted molar refractivity (Wildman–Crippen MR) is 82.7 cm³/mol. The fraction of sp³-hybridized carbons (Fsp3) is 0.533. The molecule has 0 aliphatic heterocycles. The summed E-state index contributed by atoms with van der Waals surface area (Å²) < 4.78 is 16.2. The van der Waals surface area contributed by atoms with E-state index in [2.05, 4.69) is 21.2 Å². The van der Waals surface area contributed by atoms with Crippen molar-refractivity contribution in [1.82, 2.24) is 5.32 Å². The number of rotatable bonds is 7. The minimum atomic E-state index is -0.523. The number of methoxy groups -OCH3 is 3. The minimum absolute atomic E-state index is 0.316. The summed E-state index contributed by atoms with van der Waals surface area (Å²) in [6.45, 7) is 0.806. The van der Waals surface area contributed by atoms with Crippen LogP contribution in [0, 0.1) is 5.92 Å². The number of benzene rings is 1. The van der Waals surface area contributed by atoms with Crippen LogP contribution >= 0.6 is 15.9 Å². The average molecular weight is 358 g/mol. The first kappa shape index (κ1) is 16.1. The van der Waals surface area contributed by atoms with Crippen LogP contribution in [0.25, 0.3) is 0 Å². The zero-order valence-electron chi connectivity index (χ0n) is 12.4. The molecule has 1 N–H and O–H groups in total. The second-order valence-corrected chi connectivity index (χ2v) is 5.89. The molecule has 1 unspecified atom stereocenters. The topological polar surface area (TPSA) is 56.8 Å². The van der Waals surface area contributed by atoms with Crippen LogP contribution in [0.4, 0.5) is 0 Å². The molecule has 5 nitrogen and oxygen atoms in total. The zero-order chi connectivity index (χ0) is 15.4. The quantitative estimate of drug-likeness (QED) is 0.760. The Bertz CT molecular complexity index is 517. The van der Waals surface area contributed by atoms with Gasteiger partial charge in [-0.15, -0.1) is 0 Å². The Morgan fingerprint density at radius 2 is 1.90 bits per heavy atom. The number of esters is 1. The van der Waals surface area contributed by atoms with Crippen molar-refractivity contribution in [2.45, 2.75) is 18.9 Å². The number of carbonyl (C=O) groups excluding carboxylic acids is 1. The fourth-order valence-electron chi connectivity index (χ4n) is 2.14. The van der Waals surface area contributed by atoms with Crippen LogP contribution in [0.2, 0.25) is 0 Å². The third kappa shape index (κ3) is 3.89. The number of hydrogen-bond acceptors (Lipinski definition) is 5. The number of carbonyl (C=O) groups is 1. The minimum Gasteiger partial charge on any atom is -0.493 e. The van der Waals surface area contributed by atoms with E-state index < -0.39 is 6.04 Å². The van der Waals surface area contributed by atoms with E-state index in [1.807, 2.05) is 0 Å². The van der Waals surface area contributed by atoms with Crippen molar-refractivity contribution in [1.29, 1.82) is 0 Å². The van der Waals surface area contributed by atoms with Crippen molar-refractivity contribution in [2.75, 3.05) is 27.9 Å². The second kappa shape index (κ2) is 7.13. The van der Waals surface area contributed by atoms with E-state index in [9.17, 15) is 4.79 Å². The normalized spacial score (nSPS) is 15.4. The smallest absolute Gasteiger partial charge is 0.327 e. The van der Waals surface area contributed by atoms with Crippen LogP contribution in [0.15, 0.2) is 16.6 Å². The van der Waals surface area contributed by atoms with Gasteiger partial charge in [-0.25, -0.2) is 4.79 Å². The summed E-state index contributed by atoms with van der Waals surface area (Å²) in [5.74, 6) is 1.54. The number of hydrogen-bond donors (Lipinski definition) is 1. The molecule has 116 valence electrons. The van der Waals surface area contributed by atoms with Crippen LogP contribution < -0.4 is 14.8 Å². The molecule has 1 aromatic carbocycles. The van der Waals surface area contributed by atoms with Crippen LogP contribution in [0.1, 0.15) is 24.4 Å². The highest BCUT2D eigenvalue weighted by Crippen LogP contribution is 2.37. The molecule has 0 bridgehead atoms. The zero-order valence-corrected chi connectivity index (χ0v) is 14.0. The summed E-state index contributed by atoms with van der Waals surface area (Å²) in [4.78, 5) is 12.1. The standard InChI is InChI=1S/C15H20BrNO4/c1-19-12-6-10(11(16)7-13(12)20-2)14(15(18)21-3)17-8-9-4-5-9/h6-7,9,14,17H,4-5,8H2,1-3H3. The van der Waals surface area contributed by atoms with Crippen molar-refractivity contribution in [3.8, 4) is 11.5 Å². The maximum absolute atomic E-state index is 12.1. The van der Waals surface area contributed by atoms with Gasteiger partial charge in [0, 0.05) is 4.47 Å². The maximum atomic E-state index is 12.1. The molecular weight excluding hydrogens is 338 g/mol. The van der Waals surface area contributed by atoms with E-state index in [1.165, 1.54) is 20.0 Å². The Morgan fingerprint density at radius 3 is 2.43 bits per heavy atom. The molecule has 0 radical (unpaired) electrons. The van der Waals surface area contributed by atoms with Crippen molar-refractivity contribution in [3.05, 3.63) is 22.2 Å². The first-order valence-electron chi connectivity index (χ1n) is 6.83. The summed E-state index contributed by atoms with van der Waals surface area (Å²) >= 11 is 3.49. The number of ether oxygens (including phenoxy) is 3. The van der Waals surface area contributed by atoms with E-state index >= 15 is 0 Å². The number of nitrogens with one attached hydrogen (secondary N) is 1. The van der Waals surface area contributed by atoms with Crippen molar-refractivity contribution in [3.63, 3.8) is 0 Å². The SMILES string of the molecule is COC(=O)C(NCC1CC1)c1cc(OC)c(OC)cc1Br. The molecule has 2 rings (SSSR count). The Kier molecular flexibility index (Phi) is 5.47. The molecular formula is C15H20BrNO4. The molecule has 0 amide bonds. The lowest BCUT2D eigenvalue weighted by Gasteiger charge is -2.20. The molecule has 21 heavy (non-hydrogen) atoms. The van der Waals surface area contributed by atoms with Gasteiger partial charge in [0.25, 0.3) is 0 Å². The van der Waals surface area contributed by atoms with Crippen LogP contribution in [-0.4, -0.2) is 33.8 Å². The molecule has 1 atom stereocenters. The van der Waals surface area contributed by atoms with E-state index in [0.29, 0.717) is 17.4 Å². The van der Waals surface area contributed by atoms with Gasteiger partial charge in [-0.2, -0.15) is 0 Å². The van der Waals surface area contributed by atoms with Crippen LogP contribution in [0.3, 0.4) is 0 Å². The van der Waals surface area contributed by atoms with E-state index in [4.69, 9.17) is 14.2 Å². The maximum Gasteiger partial charge on any atom is 0.327 e. The van der Waals surface area contributed by atoms with Gasteiger partial charge in [-0.1, -0.05) is 15.9 Å². The Morgan fingerprint density at radius 1 is 1.29 bits per heavy atom. The van der Waals surface area contributed by atoms with Gasteiger partial charge in [-0.3, -0.25) is 0 Å². The molecule has 0 spiro atoms. The highest BCUT2D eigenvalue weighted by atomic mass is 79.9. The van der Waals surface area contributed by atoms with Crippen LogP contribution in [0.5, 0.6) is 11.5 Å². The van der Waals surface area contributed by atoms with Crippen molar-refractivity contribution >= 4 is 21.9 Å². The Hall–Kier alpha value is -1.27. The summed E-state index contributed by atoms with van der Waals surface area (Å²) in [5, 5.41) is 3.28. The first-order valence-corrected chi connectivity index (χ1v) is 7.62. The van der Waals surface area contributed by atoms with E-state index in [0.717, 1.165) is 16.6 Å². The molecule has 0 heterocycles. The van der Waals surface area contributed by atoms with Gasteiger partial charge in [0.2, 0.25) is 0 Å². The molecule has 1 aliphatic carbocycles. The summed E-state index contributed by atoms with van der Waals surface area (Å²) in [7, 11) is 4.54. The summed E-state index contributed by atoms with van der Waals surface area (Å²) in [6.07, 6.45) is 2.43. The van der Waals surface area contributed by atoms with Crippen molar-refractivity contribution < 1.29 is 19.0 Å². The lowest BCUT2D eigenvalue weighted by Crippen LogP contribution is -2.31. The van der Waals surface area contributed by atoms with Gasteiger partial charge in [-0.05, 0) is 43.0 Å². The Balaban J connectivity index is 2.30. The van der Waals surface area contributed by atoms with Gasteiger partial charge < -0.3 is 19.5 Å². The highest BCUT2D eigenvalue weighted by molar-refractivity contribution is 9.10. The lowest BCUT2D eigenvalue weighted by molar-refractivity contribution is -0.143. The third-order valence-corrected chi connectivity index (χ3v) is 4.25. The molecule has 1 fully saturated rings. The molecule has 0 aromatic heterocycles. The molecule has 1 saturated carbocycles. The highest BCUT2D eigenvalue weighted by Gasteiger charge is 2.28. The third-order valence-electron chi connectivity index (χ3n) is 3.56. The van der Waals surface area contributed by atoms with Gasteiger partial charge >= 0.3 is 5.97 Å². The average Bonchev–Trinajstić information content (AvgIpc) is 3.32. The lowest BCUT2D eigenvalue weighted by atomic mass is 10.1. The van der Waals surface area contributed by atoms with Gasteiger partial charge in [0.05, 0.1) is 21.3 Å². The fourth-order valence-corrected chi connectivity index (χ4v) is 2.69. The van der Waals surface area contributed by atoms with Crippen molar-refractivity contribution in [2.24, 2.45) is 5.92 Å². The predicted octanol–water partition coefficient (Wildman–Crippen LogP) is 2.68. The number of halogens is 1. The molecule has 1 aliphatic rings. The largest absolute Gasteiger partial charge is 0.493 e. The summed E-state index contributed by atoms with van der Waals surface area (Å²) in [5.41, 5.74) is 0.778. The van der Waals surface area contributed by atoms with Crippen LogP contribution in [-0.2, 0) is 9.53 Å². The molecule has 1 aromatic rings. The van der Waals surface area contributed by atoms with E-state index in [-0.39, 0.29) is 5.97 Å².